The fourth-order valence-electron chi connectivity index (χ4n) is 2.17. The predicted molar refractivity (Wildman–Crippen MR) is 81.8 cm³/mol. The quantitative estimate of drug-likeness (QED) is 0.787. The molecule has 1 aromatic heterocycles. The van der Waals surface area contributed by atoms with Gasteiger partial charge in [-0.15, -0.1) is 11.6 Å². The van der Waals surface area contributed by atoms with E-state index in [1.807, 2.05) is 6.07 Å². The van der Waals surface area contributed by atoms with Gasteiger partial charge in [0.1, 0.15) is 11.6 Å². The summed E-state index contributed by atoms with van der Waals surface area (Å²) in [6, 6.07) is 3.83. The molecule has 0 aliphatic rings. The van der Waals surface area contributed by atoms with E-state index in [-0.39, 0.29) is 5.82 Å². The van der Waals surface area contributed by atoms with Crippen molar-refractivity contribution in [2.45, 2.75) is 39.2 Å². The molecule has 2 aromatic rings. The van der Waals surface area contributed by atoms with Crippen LogP contribution in [0.4, 0.5) is 4.39 Å². The van der Waals surface area contributed by atoms with Crippen LogP contribution in [0.25, 0.3) is 11.0 Å². The Morgan fingerprint density at radius 2 is 2.10 bits per heavy atom. The largest absolute Gasteiger partial charge is 0.326 e. The van der Waals surface area contributed by atoms with Crippen LogP contribution in [0.3, 0.4) is 0 Å². The summed E-state index contributed by atoms with van der Waals surface area (Å²) in [4.78, 5) is 6.69. The zero-order valence-corrected chi connectivity index (χ0v) is 13.2. The minimum atomic E-state index is -0.220. The molecule has 0 bridgehead atoms. The van der Waals surface area contributed by atoms with E-state index in [1.54, 1.807) is 6.92 Å². The first-order chi connectivity index (χ1) is 9.43. The van der Waals surface area contributed by atoms with Gasteiger partial charge in [0.05, 0.1) is 16.9 Å². The number of nitrogens with zero attached hydrogens (tertiary/aromatic N) is 3. The lowest BCUT2D eigenvalue weighted by molar-refractivity contribution is 0.263. The van der Waals surface area contributed by atoms with Gasteiger partial charge in [-0.3, -0.25) is 0 Å². The highest BCUT2D eigenvalue weighted by Crippen LogP contribution is 2.21. The summed E-state index contributed by atoms with van der Waals surface area (Å²) < 4.78 is 15.7. The van der Waals surface area contributed by atoms with Gasteiger partial charge < -0.3 is 9.47 Å². The maximum atomic E-state index is 13.6. The Balaban J connectivity index is 2.37. The van der Waals surface area contributed by atoms with Gasteiger partial charge in [0.15, 0.2) is 0 Å². The molecule has 0 aliphatic heterocycles. The molecule has 0 atom stereocenters. The third kappa shape index (κ3) is 2.96. The van der Waals surface area contributed by atoms with Gasteiger partial charge >= 0.3 is 0 Å². The second kappa shape index (κ2) is 6.10. The average molecular weight is 298 g/mol. The molecule has 0 amide bonds. The van der Waals surface area contributed by atoms with Crippen LogP contribution in [-0.2, 0) is 12.4 Å². The molecule has 0 fully saturated rings. The Morgan fingerprint density at radius 3 is 2.70 bits per heavy atom. The molecule has 1 heterocycles. The predicted octanol–water partition coefficient (Wildman–Crippen LogP) is 3.56. The van der Waals surface area contributed by atoms with Crippen molar-refractivity contribution < 1.29 is 4.39 Å². The van der Waals surface area contributed by atoms with Crippen LogP contribution in [0.5, 0.6) is 0 Å². The van der Waals surface area contributed by atoms with Crippen molar-refractivity contribution in [1.82, 2.24) is 14.5 Å². The standard InChI is InChI=1S/C15H21ClFN3/c1-10(2)19(4)5-6-20-14-7-11(3)12(17)8-13(14)18-15(20)9-16/h7-8,10H,5-6,9H2,1-4H3. The molecule has 0 spiro atoms. The third-order valence-corrected chi connectivity index (χ3v) is 4.02. The molecule has 2 rings (SSSR count). The summed E-state index contributed by atoms with van der Waals surface area (Å²) in [5.41, 5.74) is 2.27. The second-order valence-corrected chi connectivity index (χ2v) is 5.75. The second-order valence-electron chi connectivity index (χ2n) is 5.48. The summed E-state index contributed by atoms with van der Waals surface area (Å²) in [6.45, 7) is 7.80. The smallest absolute Gasteiger partial charge is 0.128 e. The van der Waals surface area contributed by atoms with Gasteiger partial charge in [0.2, 0.25) is 0 Å². The zero-order valence-electron chi connectivity index (χ0n) is 12.5. The minimum absolute atomic E-state index is 0.220. The maximum absolute atomic E-state index is 13.6. The van der Waals surface area contributed by atoms with Gasteiger partial charge in [0, 0.05) is 25.2 Å². The van der Waals surface area contributed by atoms with E-state index < -0.39 is 0 Å². The van der Waals surface area contributed by atoms with E-state index in [2.05, 4.69) is 35.3 Å². The summed E-state index contributed by atoms with van der Waals surface area (Å²) >= 11 is 5.97. The molecule has 0 N–H and O–H groups in total. The highest BCUT2D eigenvalue weighted by atomic mass is 35.5. The number of hydrogen-bond donors (Lipinski definition) is 0. The van der Waals surface area contributed by atoms with Crippen molar-refractivity contribution >= 4 is 22.6 Å². The van der Waals surface area contributed by atoms with Gasteiger partial charge in [0.25, 0.3) is 0 Å². The lowest BCUT2D eigenvalue weighted by Gasteiger charge is -2.21. The number of likely N-dealkylation sites (N-methyl/N-ethyl adjacent to an activating group) is 1. The summed E-state index contributed by atoms with van der Waals surface area (Å²) in [5, 5.41) is 0. The lowest BCUT2D eigenvalue weighted by Crippen LogP contribution is -2.30. The average Bonchev–Trinajstić information content (AvgIpc) is 2.73. The number of hydrogen-bond acceptors (Lipinski definition) is 2. The van der Waals surface area contributed by atoms with E-state index in [1.165, 1.54) is 6.07 Å². The van der Waals surface area contributed by atoms with E-state index >= 15 is 0 Å². The molecule has 0 saturated heterocycles. The number of benzene rings is 1. The first-order valence-electron chi connectivity index (χ1n) is 6.85. The molecule has 0 unspecified atom stereocenters. The molecular formula is C15H21ClFN3. The fraction of sp³-hybridized carbons (Fsp3) is 0.533. The Kier molecular flexibility index (Phi) is 4.66. The van der Waals surface area contributed by atoms with Crippen LogP contribution in [0.15, 0.2) is 12.1 Å². The molecule has 0 radical (unpaired) electrons. The van der Waals surface area contributed by atoms with Gasteiger partial charge in [-0.25, -0.2) is 9.37 Å². The normalized spacial score (nSPS) is 12.0. The highest BCUT2D eigenvalue weighted by Gasteiger charge is 2.13. The molecule has 0 saturated carbocycles. The highest BCUT2D eigenvalue weighted by molar-refractivity contribution is 6.16. The molecule has 5 heteroatoms. The summed E-state index contributed by atoms with van der Waals surface area (Å²) in [5.74, 6) is 0.909. The van der Waals surface area contributed by atoms with E-state index in [4.69, 9.17) is 11.6 Å². The van der Waals surface area contributed by atoms with Crippen molar-refractivity contribution in [3.05, 3.63) is 29.3 Å². The summed E-state index contributed by atoms with van der Waals surface area (Å²) in [6.07, 6.45) is 0. The molecular weight excluding hydrogens is 277 g/mol. The molecule has 1 aromatic carbocycles. The van der Waals surface area contributed by atoms with Gasteiger partial charge in [-0.05, 0) is 39.4 Å². The maximum Gasteiger partial charge on any atom is 0.128 e. The van der Waals surface area contributed by atoms with Gasteiger partial charge in [-0.1, -0.05) is 0 Å². The number of halogens is 2. The lowest BCUT2D eigenvalue weighted by atomic mass is 10.2. The van der Waals surface area contributed by atoms with Crippen molar-refractivity contribution in [1.29, 1.82) is 0 Å². The van der Waals surface area contributed by atoms with Crippen LogP contribution in [0, 0.1) is 12.7 Å². The van der Waals surface area contributed by atoms with E-state index in [0.29, 0.717) is 23.0 Å². The first-order valence-corrected chi connectivity index (χ1v) is 7.39. The minimum Gasteiger partial charge on any atom is -0.326 e. The number of aromatic nitrogens is 2. The third-order valence-electron chi connectivity index (χ3n) is 3.79. The topological polar surface area (TPSA) is 21.1 Å². The number of imidazole rings is 1. The first kappa shape index (κ1) is 15.3. The SMILES string of the molecule is Cc1cc2c(cc1F)nc(CCl)n2CCN(C)C(C)C. The van der Waals surface area contributed by atoms with E-state index in [0.717, 1.165) is 24.4 Å². The number of rotatable bonds is 5. The number of alkyl halides is 1. The number of aryl methyl sites for hydroxylation is 1. The Bertz CT molecular complexity index is 607. The van der Waals surface area contributed by atoms with E-state index in [9.17, 15) is 4.39 Å². The molecule has 110 valence electrons. The molecule has 0 aliphatic carbocycles. The van der Waals surface area contributed by atoms with Crippen LogP contribution < -0.4 is 0 Å². The van der Waals surface area contributed by atoms with Gasteiger partial charge in [-0.2, -0.15) is 0 Å². The van der Waals surface area contributed by atoms with Crippen LogP contribution in [0.2, 0.25) is 0 Å². The van der Waals surface area contributed by atoms with Crippen molar-refractivity contribution in [2.75, 3.05) is 13.6 Å². The van der Waals surface area contributed by atoms with Crippen molar-refractivity contribution in [2.24, 2.45) is 0 Å². The number of fused-ring (bicyclic) bond motifs is 1. The summed E-state index contributed by atoms with van der Waals surface area (Å²) in [7, 11) is 2.09. The van der Waals surface area contributed by atoms with Crippen molar-refractivity contribution in [3.63, 3.8) is 0 Å². The Morgan fingerprint density at radius 1 is 1.40 bits per heavy atom. The van der Waals surface area contributed by atoms with Crippen LogP contribution >= 0.6 is 11.6 Å². The Labute approximate surface area is 124 Å². The van der Waals surface area contributed by atoms with Crippen LogP contribution in [-0.4, -0.2) is 34.1 Å². The molecule has 3 nitrogen and oxygen atoms in total. The molecule has 20 heavy (non-hydrogen) atoms. The van der Waals surface area contributed by atoms with Crippen molar-refractivity contribution in [3.8, 4) is 0 Å². The fourth-order valence-corrected chi connectivity index (χ4v) is 2.37. The Hall–Kier alpha value is -1.13. The zero-order chi connectivity index (χ0) is 14.9. The van der Waals surface area contributed by atoms with Crippen LogP contribution in [0.1, 0.15) is 25.2 Å². The monoisotopic (exact) mass is 297 g/mol.